The Morgan fingerprint density at radius 2 is 2.19 bits per heavy atom. The number of likely N-dealkylation sites (N-methyl/N-ethyl adjacent to an activating group) is 1. The van der Waals surface area contributed by atoms with Gasteiger partial charge in [-0.15, -0.1) is 0 Å². The van der Waals surface area contributed by atoms with Crippen molar-refractivity contribution in [1.29, 1.82) is 0 Å². The molecule has 1 aromatic carbocycles. The van der Waals surface area contributed by atoms with Crippen LogP contribution in [0.15, 0.2) is 18.2 Å². The molecule has 5 nitrogen and oxygen atoms in total. The lowest BCUT2D eigenvalue weighted by molar-refractivity contribution is 0.0948. The molecule has 0 saturated heterocycles. The molecule has 88 valence electrons. The SMILES string of the molecule is CN(C)CCNC(=O)c1cccc(N)c1O. The van der Waals surface area contributed by atoms with E-state index < -0.39 is 0 Å². The fraction of sp³-hybridized carbons (Fsp3) is 0.364. The molecule has 5 heteroatoms. The van der Waals surface area contributed by atoms with E-state index in [4.69, 9.17) is 5.73 Å². The van der Waals surface area contributed by atoms with Gasteiger partial charge in [-0.2, -0.15) is 0 Å². The zero-order valence-electron chi connectivity index (χ0n) is 9.53. The fourth-order valence-electron chi connectivity index (χ4n) is 1.23. The smallest absolute Gasteiger partial charge is 0.255 e. The Hall–Kier alpha value is -1.75. The molecule has 0 aromatic heterocycles. The van der Waals surface area contributed by atoms with Gasteiger partial charge in [-0.05, 0) is 26.2 Å². The molecule has 0 atom stereocenters. The second kappa shape index (κ2) is 5.37. The van der Waals surface area contributed by atoms with Gasteiger partial charge < -0.3 is 21.1 Å². The Labute approximate surface area is 94.9 Å². The standard InChI is InChI=1S/C11H17N3O2/c1-14(2)7-6-13-11(16)8-4-3-5-9(12)10(8)15/h3-5,15H,6-7,12H2,1-2H3,(H,13,16). The van der Waals surface area contributed by atoms with E-state index in [2.05, 4.69) is 5.32 Å². The Morgan fingerprint density at radius 1 is 1.50 bits per heavy atom. The van der Waals surface area contributed by atoms with Crippen molar-refractivity contribution in [3.63, 3.8) is 0 Å². The van der Waals surface area contributed by atoms with Crippen LogP contribution in [0.25, 0.3) is 0 Å². The summed E-state index contributed by atoms with van der Waals surface area (Å²) in [5.41, 5.74) is 5.91. The monoisotopic (exact) mass is 223 g/mol. The minimum atomic E-state index is -0.313. The lowest BCUT2D eigenvalue weighted by Gasteiger charge is -2.11. The van der Waals surface area contributed by atoms with Crippen LogP contribution in [0, 0.1) is 0 Å². The Kier molecular flexibility index (Phi) is 4.13. The summed E-state index contributed by atoms with van der Waals surface area (Å²) in [5, 5.41) is 12.3. The highest BCUT2D eigenvalue weighted by Gasteiger charge is 2.11. The third kappa shape index (κ3) is 3.13. The first-order valence-corrected chi connectivity index (χ1v) is 5.02. The van der Waals surface area contributed by atoms with Crippen LogP contribution in [-0.4, -0.2) is 43.1 Å². The maximum Gasteiger partial charge on any atom is 0.255 e. The van der Waals surface area contributed by atoms with Gasteiger partial charge in [0.2, 0.25) is 0 Å². The maximum absolute atomic E-state index is 11.7. The lowest BCUT2D eigenvalue weighted by atomic mass is 10.1. The van der Waals surface area contributed by atoms with Crippen LogP contribution in [0.2, 0.25) is 0 Å². The zero-order chi connectivity index (χ0) is 12.1. The predicted molar refractivity (Wildman–Crippen MR) is 63.4 cm³/mol. The van der Waals surface area contributed by atoms with Gasteiger partial charge in [0.15, 0.2) is 5.75 Å². The number of phenolic OH excluding ortho intramolecular Hbond substituents is 1. The van der Waals surface area contributed by atoms with E-state index in [0.29, 0.717) is 6.54 Å². The van der Waals surface area contributed by atoms with Gasteiger partial charge in [-0.3, -0.25) is 4.79 Å². The first-order valence-electron chi connectivity index (χ1n) is 5.02. The number of benzene rings is 1. The van der Waals surface area contributed by atoms with Crippen LogP contribution in [0.3, 0.4) is 0 Å². The summed E-state index contributed by atoms with van der Waals surface area (Å²) >= 11 is 0. The van der Waals surface area contributed by atoms with Gasteiger partial charge in [0.05, 0.1) is 11.3 Å². The van der Waals surface area contributed by atoms with E-state index in [0.717, 1.165) is 6.54 Å². The van der Waals surface area contributed by atoms with Gasteiger partial charge in [-0.25, -0.2) is 0 Å². The molecule has 0 bridgehead atoms. The van der Waals surface area contributed by atoms with E-state index in [1.807, 2.05) is 19.0 Å². The topological polar surface area (TPSA) is 78.6 Å². The molecule has 0 saturated carbocycles. The van der Waals surface area contributed by atoms with Crippen molar-refractivity contribution in [2.75, 3.05) is 32.9 Å². The molecule has 0 heterocycles. The lowest BCUT2D eigenvalue weighted by Crippen LogP contribution is -2.31. The highest BCUT2D eigenvalue weighted by Crippen LogP contribution is 2.23. The Balaban J connectivity index is 2.63. The summed E-state index contributed by atoms with van der Waals surface area (Å²) in [4.78, 5) is 13.6. The Bertz CT molecular complexity index is 377. The second-order valence-electron chi connectivity index (χ2n) is 3.80. The Morgan fingerprint density at radius 3 is 2.81 bits per heavy atom. The number of rotatable bonds is 4. The molecule has 1 amide bonds. The van der Waals surface area contributed by atoms with E-state index in [9.17, 15) is 9.90 Å². The van der Waals surface area contributed by atoms with Crippen molar-refractivity contribution in [3.8, 4) is 5.75 Å². The summed E-state index contributed by atoms with van der Waals surface area (Å²) in [6, 6.07) is 4.72. The molecular formula is C11H17N3O2. The number of hydrogen-bond acceptors (Lipinski definition) is 4. The third-order valence-electron chi connectivity index (χ3n) is 2.16. The number of aromatic hydroxyl groups is 1. The number of nitrogens with two attached hydrogens (primary N) is 1. The average Bonchev–Trinajstić information content (AvgIpc) is 2.21. The first kappa shape index (κ1) is 12.3. The van der Waals surface area contributed by atoms with Crippen molar-refractivity contribution in [1.82, 2.24) is 10.2 Å². The summed E-state index contributed by atoms with van der Waals surface area (Å²) in [6.07, 6.45) is 0. The quantitative estimate of drug-likeness (QED) is 0.505. The number of phenols is 1. The number of nitrogen functional groups attached to an aromatic ring is 1. The minimum Gasteiger partial charge on any atom is -0.505 e. The molecule has 1 rings (SSSR count). The summed E-state index contributed by atoms with van der Waals surface area (Å²) in [5.74, 6) is -0.475. The van der Waals surface area contributed by atoms with Crippen molar-refractivity contribution < 1.29 is 9.90 Å². The molecule has 0 aliphatic heterocycles. The number of amides is 1. The van der Waals surface area contributed by atoms with E-state index >= 15 is 0 Å². The molecular weight excluding hydrogens is 206 g/mol. The second-order valence-corrected chi connectivity index (χ2v) is 3.80. The molecule has 0 radical (unpaired) electrons. The summed E-state index contributed by atoms with van der Waals surface area (Å²) in [6.45, 7) is 1.27. The summed E-state index contributed by atoms with van der Waals surface area (Å²) < 4.78 is 0. The molecule has 4 N–H and O–H groups in total. The van der Waals surface area contributed by atoms with Crippen molar-refractivity contribution in [2.24, 2.45) is 0 Å². The normalized spacial score (nSPS) is 10.4. The number of para-hydroxylation sites is 1. The average molecular weight is 223 g/mol. The first-order chi connectivity index (χ1) is 7.52. The molecule has 0 aliphatic carbocycles. The van der Waals surface area contributed by atoms with Crippen LogP contribution < -0.4 is 11.1 Å². The minimum absolute atomic E-state index is 0.162. The van der Waals surface area contributed by atoms with E-state index in [1.165, 1.54) is 6.07 Å². The van der Waals surface area contributed by atoms with Crippen LogP contribution in [-0.2, 0) is 0 Å². The highest BCUT2D eigenvalue weighted by molar-refractivity contribution is 5.98. The van der Waals surface area contributed by atoms with Crippen LogP contribution in [0.1, 0.15) is 10.4 Å². The number of nitrogens with zero attached hydrogens (tertiary/aromatic N) is 1. The molecule has 0 aliphatic rings. The predicted octanol–water partition coefficient (Wildman–Crippen LogP) is 0.266. The maximum atomic E-state index is 11.7. The van der Waals surface area contributed by atoms with Crippen LogP contribution >= 0.6 is 0 Å². The molecule has 1 aromatic rings. The summed E-state index contributed by atoms with van der Waals surface area (Å²) in [7, 11) is 3.84. The molecule has 0 unspecified atom stereocenters. The van der Waals surface area contributed by atoms with Gasteiger partial charge in [0.25, 0.3) is 5.91 Å². The zero-order valence-corrected chi connectivity index (χ0v) is 9.53. The number of carbonyl (C=O) groups is 1. The number of nitrogens with one attached hydrogen (secondary N) is 1. The van der Waals surface area contributed by atoms with Gasteiger partial charge in [0.1, 0.15) is 0 Å². The highest BCUT2D eigenvalue weighted by atomic mass is 16.3. The van der Waals surface area contributed by atoms with E-state index in [1.54, 1.807) is 12.1 Å². The molecule has 0 spiro atoms. The third-order valence-corrected chi connectivity index (χ3v) is 2.16. The molecule has 16 heavy (non-hydrogen) atoms. The van der Waals surface area contributed by atoms with Gasteiger partial charge >= 0.3 is 0 Å². The largest absolute Gasteiger partial charge is 0.505 e. The van der Waals surface area contributed by atoms with Crippen molar-refractivity contribution >= 4 is 11.6 Å². The van der Waals surface area contributed by atoms with Gasteiger partial charge in [0, 0.05) is 13.1 Å². The van der Waals surface area contributed by atoms with E-state index in [-0.39, 0.29) is 22.9 Å². The van der Waals surface area contributed by atoms with Crippen molar-refractivity contribution in [3.05, 3.63) is 23.8 Å². The molecule has 0 fully saturated rings. The van der Waals surface area contributed by atoms with Crippen LogP contribution in [0.4, 0.5) is 5.69 Å². The number of hydrogen-bond donors (Lipinski definition) is 3. The van der Waals surface area contributed by atoms with Crippen molar-refractivity contribution in [2.45, 2.75) is 0 Å². The fourth-order valence-corrected chi connectivity index (χ4v) is 1.23. The van der Waals surface area contributed by atoms with Crippen LogP contribution in [0.5, 0.6) is 5.75 Å². The van der Waals surface area contributed by atoms with Gasteiger partial charge in [-0.1, -0.05) is 6.07 Å². The number of anilines is 1. The number of carbonyl (C=O) groups excluding carboxylic acids is 1.